The molecule has 1 N–H and O–H groups in total. The van der Waals surface area contributed by atoms with Crippen LogP contribution >= 0.6 is 0 Å². The molecular weight excluding hydrogens is 298 g/mol. The van der Waals surface area contributed by atoms with Gasteiger partial charge in [0.2, 0.25) is 0 Å². The van der Waals surface area contributed by atoms with Crippen LogP contribution in [-0.2, 0) is 0 Å². The van der Waals surface area contributed by atoms with Crippen molar-refractivity contribution < 1.29 is 14.5 Å². The van der Waals surface area contributed by atoms with E-state index in [1.54, 1.807) is 0 Å². The fourth-order valence-corrected chi connectivity index (χ4v) is 3.12. The Balaban J connectivity index is 2.15. The van der Waals surface area contributed by atoms with E-state index >= 15 is 0 Å². The number of methoxy groups -OCH3 is 1. The van der Waals surface area contributed by atoms with Crippen molar-refractivity contribution in [3.63, 3.8) is 0 Å². The second kappa shape index (κ2) is 7.41. The first-order valence-electron chi connectivity index (χ1n) is 7.73. The quantitative estimate of drug-likeness (QED) is 0.664. The van der Waals surface area contributed by atoms with E-state index in [0.717, 1.165) is 19.3 Å². The molecule has 1 aromatic carbocycles. The number of likely N-dealkylation sites (N-methyl/N-ethyl adjacent to an activating group) is 1. The number of carbonyl (C=O) groups is 1. The Hall–Kier alpha value is -2.15. The van der Waals surface area contributed by atoms with Gasteiger partial charge in [0.05, 0.1) is 12.0 Å². The van der Waals surface area contributed by atoms with Crippen molar-refractivity contribution >= 4 is 11.6 Å². The van der Waals surface area contributed by atoms with Gasteiger partial charge in [-0.05, 0) is 33.0 Å². The highest BCUT2D eigenvalue weighted by atomic mass is 16.6. The zero-order chi connectivity index (χ0) is 17.0. The molecule has 0 aromatic heterocycles. The van der Waals surface area contributed by atoms with E-state index in [4.69, 9.17) is 4.74 Å². The van der Waals surface area contributed by atoms with Crippen molar-refractivity contribution in [3.05, 3.63) is 33.9 Å². The third-order valence-electron chi connectivity index (χ3n) is 4.35. The maximum Gasteiger partial charge on any atom is 0.310 e. The van der Waals surface area contributed by atoms with Crippen LogP contribution in [0.5, 0.6) is 5.75 Å². The molecule has 2 unspecified atom stereocenters. The predicted molar refractivity (Wildman–Crippen MR) is 86.8 cm³/mol. The Morgan fingerprint density at radius 2 is 2.04 bits per heavy atom. The van der Waals surface area contributed by atoms with Crippen LogP contribution in [0.25, 0.3) is 0 Å². The summed E-state index contributed by atoms with van der Waals surface area (Å²) in [5.74, 6) is -0.132. The number of ether oxygens (including phenoxy) is 1. The molecule has 23 heavy (non-hydrogen) atoms. The highest BCUT2D eigenvalue weighted by Crippen LogP contribution is 2.28. The van der Waals surface area contributed by atoms with Crippen molar-refractivity contribution in [3.8, 4) is 5.75 Å². The van der Waals surface area contributed by atoms with Crippen LogP contribution in [0.3, 0.4) is 0 Å². The Bertz CT molecular complexity index is 589. The zero-order valence-electron chi connectivity index (χ0n) is 13.7. The van der Waals surface area contributed by atoms with Gasteiger partial charge in [-0.15, -0.1) is 0 Å². The summed E-state index contributed by atoms with van der Waals surface area (Å²) < 4.78 is 5.02. The summed E-state index contributed by atoms with van der Waals surface area (Å²) in [7, 11) is 5.39. The van der Waals surface area contributed by atoms with Gasteiger partial charge in [0.25, 0.3) is 5.91 Å². The summed E-state index contributed by atoms with van der Waals surface area (Å²) in [6.07, 6.45) is 4.26. The molecule has 1 aliphatic rings. The van der Waals surface area contributed by atoms with Crippen LogP contribution in [-0.4, -0.2) is 49.0 Å². The molecule has 2 atom stereocenters. The van der Waals surface area contributed by atoms with Crippen molar-refractivity contribution in [2.24, 2.45) is 0 Å². The third-order valence-corrected chi connectivity index (χ3v) is 4.35. The van der Waals surface area contributed by atoms with Gasteiger partial charge in [0.1, 0.15) is 0 Å². The molecule has 1 aromatic rings. The lowest BCUT2D eigenvalue weighted by Gasteiger charge is -2.36. The summed E-state index contributed by atoms with van der Waals surface area (Å²) in [5.41, 5.74) is 0.225. The topological polar surface area (TPSA) is 84.7 Å². The minimum absolute atomic E-state index is 0.0902. The second-order valence-corrected chi connectivity index (χ2v) is 6.04. The molecule has 0 spiro atoms. The van der Waals surface area contributed by atoms with Crippen LogP contribution in [0.4, 0.5) is 5.69 Å². The number of benzene rings is 1. The molecule has 0 heterocycles. The van der Waals surface area contributed by atoms with Gasteiger partial charge < -0.3 is 15.0 Å². The molecule has 1 saturated carbocycles. The molecule has 1 amide bonds. The lowest BCUT2D eigenvalue weighted by Crippen LogP contribution is -2.51. The first-order valence-corrected chi connectivity index (χ1v) is 7.73. The number of nitro benzene ring substituents is 1. The fourth-order valence-electron chi connectivity index (χ4n) is 3.12. The van der Waals surface area contributed by atoms with Crippen molar-refractivity contribution in [1.29, 1.82) is 0 Å². The van der Waals surface area contributed by atoms with Gasteiger partial charge >= 0.3 is 5.69 Å². The average molecular weight is 321 g/mol. The average Bonchev–Trinajstić information content (AvgIpc) is 2.54. The highest BCUT2D eigenvalue weighted by Gasteiger charge is 2.28. The van der Waals surface area contributed by atoms with E-state index < -0.39 is 4.92 Å². The Kier molecular flexibility index (Phi) is 5.54. The minimum atomic E-state index is -0.524. The predicted octanol–water partition coefficient (Wildman–Crippen LogP) is 2.21. The Labute approximate surface area is 135 Å². The Morgan fingerprint density at radius 1 is 1.35 bits per heavy atom. The highest BCUT2D eigenvalue weighted by molar-refractivity contribution is 5.95. The van der Waals surface area contributed by atoms with Gasteiger partial charge in [0.15, 0.2) is 5.75 Å². The molecule has 7 heteroatoms. The van der Waals surface area contributed by atoms with Gasteiger partial charge in [-0.3, -0.25) is 14.9 Å². The first kappa shape index (κ1) is 17.2. The lowest BCUT2D eigenvalue weighted by molar-refractivity contribution is -0.385. The van der Waals surface area contributed by atoms with E-state index in [2.05, 4.69) is 10.2 Å². The van der Waals surface area contributed by atoms with Crippen LogP contribution in [0.15, 0.2) is 18.2 Å². The number of rotatable bonds is 5. The molecule has 1 fully saturated rings. The fraction of sp³-hybridized carbons (Fsp3) is 0.562. The molecule has 0 aliphatic heterocycles. The maximum atomic E-state index is 12.5. The number of nitrogens with one attached hydrogen (secondary N) is 1. The maximum absolute atomic E-state index is 12.5. The van der Waals surface area contributed by atoms with Crippen molar-refractivity contribution in [1.82, 2.24) is 10.2 Å². The number of nitrogens with zero attached hydrogens (tertiary/aromatic N) is 2. The van der Waals surface area contributed by atoms with Crippen molar-refractivity contribution in [2.75, 3.05) is 21.2 Å². The summed E-state index contributed by atoms with van der Waals surface area (Å²) in [6.45, 7) is 0. The van der Waals surface area contributed by atoms with E-state index in [1.807, 2.05) is 14.1 Å². The number of hydrogen-bond donors (Lipinski definition) is 1. The van der Waals surface area contributed by atoms with Crippen LogP contribution < -0.4 is 10.1 Å². The normalized spacial score (nSPS) is 21.0. The molecule has 1 aliphatic carbocycles. The van der Waals surface area contributed by atoms with Crippen LogP contribution in [0.1, 0.15) is 36.0 Å². The first-order chi connectivity index (χ1) is 10.9. The largest absolute Gasteiger partial charge is 0.490 e. The molecule has 7 nitrogen and oxygen atoms in total. The summed E-state index contributed by atoms with van der Waals surface area (Å²) >= 11 is 0. The van der Waals surface area contributed by atoms with E-state index in [-0.39, 0.29) is 23.4 Å². The number of amides is 1. The van der Waals surface area contributed by atoms with Gasteiger partial charge in [-0.1, -0.05) is 12.8 Å². The lowest BCUT2D eigenvalue weighted by atomic mass is 9.89. The van der Waals surface area contributed by atoms with Gasteiger partial charge in [-0.25, -0.2) is 0 Å². The number of nitro groups is 1. The minimum Gasteiger partial charge on any atom is -0.490 e. The third kappa shape index (κ3) is 3.98. The zero-order valence-corrected chi connectivity index (χ0v) is 13.7. The van der Waals surface area contributed by atoms with Gasteiger partial charge in [-0.2, -0.15) is 0 Å². The van der Waals surface area contributed by atoms with E-state index in [1.165, 1.54) is 31.7 Å². The summed E-state index contributed by atoms with van der Waals surface area (Å²) in [6, 6.07) is 4.59. The molecule has 126 valence electrons. The monoisotopic (exact) mass is 321 g/mol. The van der Waals surface area contributed by atoms with Crippen LogP contribution in [0, 0.1) is 10.1 Å². The Morgan fingerprint density at radius 3 is 2.65 bits per heavy atom. The second-order valence-electron chi connectivity index (χ2n) is 6.04. The molecular formula is C16H23N3O4. The summed E-state index contributed by atoms with van der Waals surface area (Å²) in [5, 5.41) is 14.0. The smallest absolute Gasteiger partial charge is 0.310 e. The standard InChI is InChI=1S/C16H23N3O4/c1-18(2)13-7-5-4-6-12(13)17-16(20)11-8-9-14(19(21)22)15(10-11)23-3/h8-10,12-13H,4-7H2,1-3H3,(H,17,20). The molecule has 0 radical (unpaired) electrons. The summed E-state index contributed by atoms with van der Waals surface area (Å²) in [4.78, 5) is 25.0. The number of carbonyl (C=O) groups excluding carboxylic acids is 1. The van der Waals surface area contributed by atoms with E-state index in [0.29, 0.717) is 11.6 Å². The molecule has 0 saturated heterocycles. The SMILES string of the molecule is COc1cc(C(=O)NC2CCCCC2N(C)C)ccc1[N+](=O)[O-]. The van der Waals surface area contributed by atoms with Gasteiger partial charge in [0, 0.05) is 29.8 Å². The van der Waals surface area contributed by atoms with Crippen LogP contribution in [0.2, 0.25) is 0 Å². The van der Waals surface area contributed by atoms with Crippen molar-refractivity contribution in [2.45, 2.75) is 37.8 Å². The molecule has 0 bridgehead atoms. The molecule has 2 rings (SSSR count). The number of hydrogen-bond acceptors (Lipinski definition) is 5. The van der Waals surface area contributed by atoms with E-state index in [9.17, 15) is 14.9 Å².